The highest BCUT2D eigenvalue weighted by molar-refractivity contribution is 5.83. The Hall–Kier alpha value is -0.860. The summed E-state index contributed by atoms with van der Waals surface area (Å²) in [5.41, 5.74) is 2.75. The van der Waals surface area contributed by atoms with E-state index in [-0.39, 0.29) is 0 Å². The maximum absolute atomic E-state index is 4.19. The highest BCUT2D eigenvalue weighted by atomic mass is 15.3. The maximum Gasteiger partial charge on any atom is 0.119 e. The zero-order valence-electron chi connectivity index (χ0n) is 6.89. The summed E-state index contributed by atoms with van der Waals surface area (Å²) in [6.45, 7) is 10.2. The van der Waals surface area contributed by atoms with E-state index in [4.69, 9.17) is 0 Å². The molecule has 0 unspecified atom stereocenters. The van der Waals surface area contributed by atoms with Crippen LogP contribution in [-0.4, -0.2) is 19.1 Å². The second kappa shape index (κ2) is 4.97. The third-order valence-corrected chi connectivity index (χ3v) is 1.07. The number of aliphatic imine (C=N–C) groups is 1. The molecule has 0 aliphatic rings. The standard InChI is InChI=1S/C7H15N3/c1-5-9-7(6(2)3)10-8-4/h6H,4-5H2,1-3H3,(H,9,10). The van der Waals surface area contributed by atoms with Crippen molar-refractivity contribution in [1.29, 1.82) is 0 Å². The molecular weight excluding hydrogens is 126 g/mol. The molecule has 1 N–H and O–H groups in total. The Morgan fingerprint density at radius 1 is 1.60 bits per heavy atom. The van der Waals surface area contributed by atoms with Gasteiger partial charge in [-0.3, -0.25) is 10.4 Å². The summed E-state index contributed by atoms with van der Waals surface area (Å²) >= 11 is 0. The van der Waals surface area contributed by atoms with Crippen LogP contribution in [0.3, 0.4) is 0 Å². The van der Waals surface area contributed by atoms with Crippen LogP contribution in [0, 0.1) is 5.92 Å². The first-order chi connectivity index (χ1) is 4.72. The predicted octanol–water partition coefficient (Wildman–Crippen LogP) is 1.27. The third-order valence-electron chi connectivity index (χ3n) is 1.07. The lowest BCUT2D eigenvalue weighted by Crippen LogP contribution is -2.23. The fourth-order valence-corrected chi connectivity index (χ4v) is 0.598. The van der Waals surface area contributed by atoms with E-state index in [1.165, 1.54) is 0 Å². The molecule has 0 radical (unpaired) electrons. The Labute approximate surface area is 62.2 Å². The zero-order valence-corrected chi connectivity index (χ0v) is 6.89. The van der Waals surface area contributed by atoms with Crippen LogP contribution in [-0.2, 0) is 0 Å². The molecule has 3 heteroatoms. The van der Waals surface area contributed by atoms with E-state index in [0.717, 1.165) is 12.4 Å². The molecule has 0 heterocycles. The quantitative estimate of drug-likeness (QED) is 0.358. The number of hydrogen-bond acceptors (Lipinski definition) is 2. The molecule has 58 valence electrons. The van der Waals surface area contributed by atoms with E-state index in [2.05, 4.69) is 36.1 Å². The number of amidine groups is 1. The van der Waals surface area contributed by atoms with Gasteiger partial charge in [-0.05, 0) is 6.92 Å². The van der Waals surface area contributed by atoms with Crippen molar-refractivity contribution in [2.45, 2.75) is 20.8 Å². The molecule has 0 saturated heterocycles. The topological polar surface area (TPSA) is 36.8 Å². The van der Waals surface area contributed by atoms with Gasteiger partial charge in [-0.1, -0.05) is 13.8 Å². The van der Waals surface area contributed by atoms with Gasteiger partial charge >= 0.3 is 0 Å². The smallest absolute Gasteiger partial charge is 0.119 e. The van der Waals surface area contributed by atoms with E-state index in [9.17, 15) is 0 Å². The summed E-state index contributed by atoms with van der Waals surface area (Å²) in [5.74, 6) is 1.29. The summed E-state index contributed by atoms with van der Waals surface area (Å²) in [7, 11) is 0. The van der Waals surface area contributed by atoms with Gasteiger partial charge in [-0.25, -0.2) is 0 Å². The highest BCUT2D eigenvalue weighted by Crippen LogP contribution is 1.93. The minimum atomic E-state index is 0.394. The summed E-state index contributed by atoms with van der Waals surface area (Å²) < 4.78 is 0. The number of nitrogens with one attached hydrogen (secondary N) is 1. The number of hydrazone groups is 1. The average Bonchev–Trinajstić information content (AvgIpc) is 1.87. The van der Waals surface area contributed by atoms with Crippen molar-refractivity contribution in [1.82, 2.24) is 5.43 Å². The molecule has 0 fully saturated rings. The van der Waals surface area contributed by atoms with Crippen molar-refractivity contribution in [2.24, 2.45) is 16.0 Å². The first-order valence-corrected chi connectivity index (χ1v) is 3.48. The molecule has 0 aromatic heterocycles. The van der Waals surface area contributed by atoms with Gasteiger partial charge in [0.25, 0.3) is 0 Å². The third kappa shape index (κ3) is 3.22. The van der Waals surface area contributed by atoms with Gasteiger partial charge in [0, 0.05) is 19.2 Å². The first kappa shape index (κ1) is 9.14. The normalized spacial score (nSPS) is 11.8. The van der Waals surface area contributed by atoms with Crippen molar-refractivity contribution in [3.05, 3.63) is 0 Å². The lowest BCUT2D eigenvalue weighted by molar-refractivity contribution is 0.805. The molecule has 0 amide bonds. The van der Waals surface area contributed by atoms with E-state index in [0.29, 0.717) is 5.92 Å². The largest absolute Gasteiger partial charge is 0.271 e. The van der Waals surface area contributed by atoms with Crippen molar-refractivity contribution in [2.75, 3.05) is 6.54 Å². The Balaban J connectivity index is 3.96. The zero-order chi connectivity index (χ0) is 7.98. The minimum Gasteiger partial charge on any atom is -0.271 e. The Kier molecular flexibility index (Phi) is 4.54. The molecule has 3 nitrogen and oxygen atoms in total. The van der Waals surface area contributed by atoms with Crippen LogP contribution in [0.1, 0.15) is 20.8 Å². The fraction of sp³-hybridized carbons (Fsp3) is 0.714. The number of rotatable bonds is 3. The summed E-state index contributed by atoms with van der Waals surface area (Å²) in [4.78, 5) is 4.19. The maximum atomic E-state index is 4.19. The molecule has 0 aliphatic heterocycles. The van der Waals surface area contributed by atoms with Crippen molar-refractivity contribution < 1.29 is 0 Å². The average molecular weight is 141 g/mol. The van der Waals surface area contributed by atoms with Gasteiger partial charge in [0.1, 0.15) is 5.84 Å². The first-order valence-electron chi connectivity index (χ1n) is 3.48. The van der Waals surface area contributed by atoms with Crippen LogP contribution in [0.15, 0.2) is 10.1 Å². The van der Waals surface area contributed by atoms with Gasteiger partial charge in [0.15, 0.2) is 0 Å². The fourth-order valence-electron chi connectivity index (χ4n) is 0.598. The van der Waals surface area contributed by atoms with Gasteiger partial charge in [0.2, 0.25) is 0 Å². The van der Waals surface area contributed by atoms with E-state index < -0.39 is 0 Å². The summed E-state index contributed by atoms with van der Waals surface area (Å²) in [6.07, 6.45) is 0. The van der Waals surface area contributed by atoms with Crippen LogP contribution in [0.5, 0.6) is 0 Å². The Morgan fingerprint density at radius 2 is 2.20 bits per heavy atom. The summed E-state index contributed by atoms with van der Waals surface area (Å²) in [5, 5.41) is 3.55. The molecule has 0 atom stereocenters. The molecule has 0 spiro atoms. The Bertz CT molecular complexity index is 127. The van der Waals surface area contributed by atoms with Crippen LogP contribution in [0.25, 0.3) is 0 Å². The molecule has 0 aromatic rings. The molecule has 0 rings (SSSR count). The van der Waals surface area contributed by atoms with E-state index >= 15 is 0 Å². The summed E-state index contributed by atoms with van der Waals surface area (Å²) in [6, 6.07) is 0. The molecule has 0 aromatic carbocycles. The monoisotopic (exact) mass is 141 g/mol. The van der Waals surface area contributed by atoms with Gasteiger partial charge < -0.3 is 0 Å². The SMILES string of the molecule is C=NNC(=NCC)C(C)C. The molecular formula is C7H15N3. The van der Waals surface area contributed by atoms with Gasteiger partial charge in [-0.2, -0.15) is 5.10 Å². The highest BCUT2D eigenvalue weighted by Gasteiger charge is 2.00. The Morgan fingerprint density at radius 3 is 2.50 bits per heavy atom. The lowest BCUT2D eigenvalue weighted by Gasteiger charge is -2.07. The molecule has 0 aliphatic carbocycles. The van der Waals surface area contributed by atoms with Crippen LogP contribution in [0.2, 0.25) is 0 Å². The molecule has 10 heavy (non-hydrogen) atoms. The van der Waals surface area contributed by atoms with E-state index in [1.54, 1.807) is 0 Å². The van der Waals surface area contributed by atoms with Crippen molar-refractivity contribution in [3.63, 3.8) is 0 Å². The van der Waals surface area contributed by atoms with Gasteiger partial charge in [0.05, 0.1) is 0 Å². The minimum absolute atomic E-state index is 0.394. The lowest BCUT2D eigenvalue weighted by atomic mass is 10.2. The van der Waals surface area contributed by atoms with Crippen molar-refractivity contribution >= 4 is 12.6 Å². The van der Waals surface area contributed by atoms with Crippen molar-refractivity contribution in [3.8, 4) is 0 Å². The molecule has 0 saturated carbocycles. The van der Waals surface area contributed by atoms with Crippen LogP contribution in [0.4, 0.5) is 0 Å². The van der Waals surface area contributed by atoms with Crippen LogP contribution < -0.4 is 5.43 Å². The van der Waals surface area contributed by atoms with Gasteiger partial charge in [-0.15, -0.1) is 0 Å². The number of nitrogens with zero attached hydrogens (tertiary/aromatic N) is 2. The number of hydrogen-bond donors (Lipinski definition) is 1. The molecule has 0 bridgehead atoms. The predicted molar refractivity (Wildman–Crippen MR) is 45.5 cm³/mol. The second-order valence-corrected chi connectivity index (χ2v) is 2.28. The van der Waals surface area contributed by atoms with E-state index in [1.807, 2.05) is 6.92 Å². The second-order valence-electron chi connectivity index (χ2n) is 2.28. The van der Waals surface area contributed by atoms with Crippen LogP contribution >= 0.6 is 0 Å².